The van der Waals surface area contributed by atoms with E-state index in [1.165, 1.54) is 5.56 Å². The Labute approximate surface area is 205 Å². The number of carbonyl (C=O) groups excluding carboxylic acids is 1. The average Bonchev–Trinajstić information content (AvgIpc) is 3.60. The van der Waals surface area contributed by atoms with Crippen molar-refractivity contribution >= 4 is 11.5 Å². The lowest BCUT2D eigenvalue weighted by molar-refractivity contribution is 0.173. The average molecular weight is 467 g/mol. The summed E-state index contributed by atoms with van der Waals surface area (Å²) in [5.41, 5.74) is 4.04. The monoisotopic (exact) mass is 466 g/mol. The molecule has 2 fully saturated rings. The smallest absolute Gasteiger partial charge is 0.318 e. The predicted molar refractivity (Wildman–Crippen MR) is 137 cm³/mol. The van der Waals surface area contributed by atoms with Crippen LogP contribution in [-0.2, 0) is 5.54 Å². The van der Waals surface area contributed by atoms with Crippen molar-refractivity contribution in [1.29, 1.82) is 0 Å². The summed E-state index contributed by atoms with van der Waals surface area (Å²) in [5, 5.41) is 3.35. The van der Waals surface area contributed by atoms with Gasteiger partial charge >= 0.3 is 6.03 Å². The minimum atomic E-state index is -0.204. The second kappa shape index (κ2) is 8.77. The summed E-state index contributed by atoms with van der Waals surface area (Å²) in [6, 6.07) is 24.6. The molecule has 3 heterocycles. The van der Waals surface area contributed by atoms with E-state index in [1.807, 2.05) is 53.4 Å². The number of benzene rings is 2. The van der Waals surface area contributed by atoms with Crippen molar-refractivity contribution in [1.82, 2.24) is 19.6 Å². The number of pyridine rings is 1. The standard InChI is InChI=1S/C29H30N4O2/c1-35-24-13-7-9-21(19-24)26-25-14-5-6-18-33(25)27(30-26)22-10-8-17-32(20-22)28(34)31-29(15-16-29)23-11-3-2-4-12-23/h2-7,9,11-14,18-19,22H,8,10,15-17,20H2,1H3,(H,31,34)/t22-/m1/s1. The van der Waals surface area contributed by atoms with Gasteiger partial charge in [0.15, 0.2) is 0 Å². The van der Waals surface area contributed by atoms with Crippen molar-refractivity contribution in [3.05, 3.63) is 90.4 Å². The maximum atomic E-state index is 13.3. The topological polar surface area (TPSA) is 58.9 Å². The molecule has 1 aliphatic heterocycles. The van der Waals surface area contributed by atoms with Crippen molar-refractivity contribution in [2.24, 2.45) is 0 Å². The van der Waals surface area contributed by atoms with Gasteiger partial charge < -0.3 is 19.4 Å². The number of rotatable bonds is 5. The van der Waals surface area contributed by atoms with E-state index < -0.39 is 0 Å². The highest BCUT2D eigenvalue weighted by atomic mass is 16.5. The SMILES string of the molecule is COc1cccc(-c2nc([C@@H]3CCCN(C(=O)NC4(c5ccccc5)CC4)C3)n3ccccc23)c1. The van der Waals surface area contributed by atoms with Gasteiger partial charge in [0.05, 0.1) is 23.9 Å². The van der Waals surface area contributed by atoms with E-state index in [1.54, 1.807) is 7.11 Å². The first-order valence-electron chi connectivity index (χ1n) is 12.4. The summed E-state index contributed by atoms with van der Waals surface area (Å²) in [7, 11) is 1.68. The van der Waals surface area contributed by atoms with Gasteiger partial charge in [-0.25, -0.2) is 9.78 Å². The number of urea groups is 1. The number of nitrogens with zero attached hydrogens (tertiary/aromatic N) is 3. The summed E-state index contributed by atoms with van der Waals surface area (Å²) < 4.78 is 7.63. The van der Waals surface area contributed by atoms with Crippen LogP contribution in [0.5, 0.6) is 5.75 Å². The zero-order valence-corrected chi connectivity index (χ0v) is 20.0. The molecule has 1 N–H and O–H groups in total. The van der Waals surface area contributed by atoms with Gasteiger partial charge in [-0.15, -0.1) is 0 Å². The van der Waals surface area contributed by atoms with E-state index in [4.69, 9.17) is 9.72 Å². The maximum absolute atomic E-state index is 13.3. The highest BCUT2D eigenvalue weighted by molar-refractivity contribution is 5.79. The van der Waals surface area contributed by atoms with Crippen LogP contribution in [0.3, 0.4) is 0 Å². The second-order valence-corrected chi connectivity index (χ2v) is 9.67. The van der Waals surface area contributed by atoms with Gasteiger partial charge in [0.25, 0.3) is 0 Å². The number of likely N-dealkylation sites (tertiary alicyclic amines) is 1. The molecule has 0 unspecified atom stereocenters. The molecule has 0 bridgehead atoms. The molecule has 1 saturated carbocycles. The molecule has 1 atom stereocenters. The highest BCUT2D eigenvalue weighted by Gasteiger charge is 2.46. The van der Waals surface area contributed by atoms with E-state index >= 15 is 0 Å². The largest absolute Gasteiger partial charge is 0.497 e. The first-order chi connectivity index (χ1) is 17.2. The van der Waals surface area contributed by atoms with Crippen molar-refractivity contribution in [2.75, 3.05) is 20.2 Å². The van der Waals surface area contributed by atoms with Crippen LogP contribution in [0.4, 0.5) is 4.79 Å². The van der Waals surface area contributed by atoms with Gasteiger partial charge in [-0.05, 0) is 55.5 Å². The summed E-state index contributed by atoms with van der Waals surface area (Å²) in [5.74, 6) is 2.00. The fraction of sp³-hybridized carbons (Fsp3) is 0.310. The Morgan fingerprint density at radius 1 is 1.06 bits per heavy atom. The number of nitrogens with one attached hydrogen (secondary N) is 1. The third kappa shape index (κ3) is 4.03. The van der Waals surface area contributed by atoms with Crippen LogP contribution in [0.1, 0.15) is 43.0 Å². The lowest BCUT2D eigenvalue weighted by Crippen LogP contribution is -2.48. The quantitative estimate of drug-likeness (QED) is 0.417. The van der Waals surface area contributed by atoms with E-state index in [9.17, 15) is 4.79 Å². The molecule has 4 aromatic rings. The molecule has 2 aliphatic rings. The van der Waals surface area contributed by atoms with Crippen molar-refractivity contribution in [3.63, 3.8) is 0 Å². The Balaban J connectivity index is 1.27. The fourth-order valence-corrected chi connectivity index (χ4v) is 5.36. The van der Waals surface area contributed by atoms with Crippen LogP contribution in [-0.4, -0.2) is 40.5 Å². The van der Waals surface area contributed by atoms with Crippen LogP contribution in [0.2, 0.25) is 0 Å². The van der Waals surface area contributed by atoms with Gasteiger partial charge in [-0.3, -0.25) is 0 Å². The first-order valence-corrected chi connectivity index (χ1v) is 12.4. The molecule has 0 radical (unpaired) electrons. The number of hydrogen-bond acceptors (Lipinski definition) is 3. The Morgan fingerprint density at radius 2 is 1.89 bits per heavy atom. The molecule has 35 heavy (non-hydrogen) atoms. The van der Waals surface area contributed by atoms with E-state index in [0.717, 1.165) is 60.6 Å². The summed E-state index contributed by atoms with van der Waals surface area (Å²) in [6.07, 6.45) is 6.05. The molecule has 2 aromatic heterocycles. The number of amides is 2. The van der Waals surface area contributed by atoms with E-state index in [2.05, 4.69) is 40.2 Å². The lowest BCUT2D eigenvalue weighted by Gasteiger charge is -2.33. The lowest BCUT2D eigenvalue weighted by atomic mass is 9.97. The number of methoxy groups -OCH3 is 1. The molecule has 6 heteroatoms. The highest BCUT2D eigenvalue weighted by Crippen LogP contribution is 2.45. The number of imidazole rings is 1. The Hall–Kier alpha value is -3.80. The van der Waals surface area contributed by atoms with Crippen LogP contribution in [0, 0.1) is 0 Å². The molecular formula is C29H30N4O2. The van der Waals surface area contributed by atoms with Crippen LogP contribution in [0.15, 0.2) is 79.0 Å². The molecule has 6 rings (SSSR count). The molecule has 1 saturated heterocycles. The summed E-state index contributed by atoms with van der Waals surface area (Å²) in [6.45, 7) is 1.45. The number of aromatic nitrogens is 2. The number of piperidine rings is 1. The summed E-state index contributed by atoms with van der Waals surface area (Å²) in [4.78, 5) is 20.5. The zero-order valence-electron chi connectivity index (χ0n) is 20.0. The van der Waals surface area contributed by atoms with Crippen LogP contribution < -0.4 is 10.1 Å². The Morgan fingerprint density at radius 3 is 2.69 bits per heavy atom. The third-order valence-electron chi connectivity index (χ3n) is 7.42. The Bertz CT molecular complexity index is 1360. The Kier molecular flexibility index (Phi) is 5.44. The molecule has 1 aliphatic carbocycles. The van der Waals surface area contributed by atoms with E-state index in [-0.39, 0.29) is 17.5 Å². The maximum Gasteiger partial charge on any atom is 0.318 e. The first kappa shape index (κ1) is 21.7. The third-order valence-corrected chi connectivity index (χ3v) is 7.42. The molecule has 6 nitrogen and oxygen atoms in total. The minimum absolute atomic E-state index is 0.0323. The van der Waals surface area contributed by atoms with Gasteiger partial charge in [0, 0.05) is 30.8 Å². The normalized spacial score (nSPS) is 18.9. The number of fused-ring (bicyclic) bond motifs is 1. The minimum Gasteiger partial charge on any atom is -0.497 e. The van der Waals surface area contributed by atoms with Crippen LogP contribution in [0.25, 0.3) is 16.8 Å². The van der Waals surface area contributed by atoms with Crippen molar-refractivity contribution in [2.45, 2.75) is 37.1 Å². The van der Waals surface area contributed by atoms with Gasteiger partial charge in [-0.1, -0.05) is 48.5 Å². The fourth-order valence-electron chi connectivity index (χ4n) is 5.36. The number of carbonyl (C=O) groups is 1. The molecule has 0 spiro atoms. The molecule has 2 aromatic carbocycles. The van der Waals surface area contributed by atoms with Crippen molar-refractivity contribution in [3.8, 4) is 17.0 Å². The van der Waals surface area contributed by atoms with Crippen molar-refractivity contribution < 1.29 is 9.53 Å². The van der Waals surface area contributed by atoms with E-state index in [0.29, 0.717) is 6.54 Å². The molecular weight excluding hydrogens is 436 g/mol. The summed E-state index contributed by atoms with van der Waals surface area (Å²) >= 11 is 0. The second-order valence-electron chi connectivity index (χ2n) is 9.67. The molecule has 178 valence electrons. The predicted octanol–water partition coefficient (Wildman–Crippen LogP) is 5.59. The zero-order chi connectivity index (χ0) is 23.8. The molecule has 2 amide bonds. The number of ether oxygens (including phenoxy) is 1. The van der Waals surface area contributed by atoms with Gasteiger partial charge in [-0.2, -0.15) is 0 Å². The van der Waals surface area contributed by atoms with Gasteiger partial charge in [0.1, 0.15) is 11.6 Å². The van der Waals surface area contributed by atoms with Gasteiger partial charge in [0.2, 0.25) is 0 Å². The number of hydrogen-bond donors (Lipinski definition) is 1. The van der Waals surface area contributed by atoms with Crippen LogP contribution >= 0.6 is 0 Å².